The molecule has 0 spiro atoms. The molecule has 1 aromatic carbocycles. The first-order chi connectivity index (χ1) is 8.86. The maximum absolute atomic E-state index is 4.42. The molecule has 2 aromatic rings. The molecule has 2 heterocycles. The van der Waals surface area contributed by atoms with Gasteiger partial charge in [-0.05, 0) is 35.4 Å². The molecule has 0 bridgehead atoms. The van der Waals surface area contributed by atoms with Crippen LogP contribution in [-0.4, -0.2) is 6.26 Å². The van der Waals surface area contributed by atoms with Gasteiger partial charge >= 0.3 is 0 Å². The predicted molar refractivity (Wildman–Crippen MR) is 77.5 cm³/mol. The van der Waals surface area contributed by atoms with Crippen molar-refractivity contribution in [3.8, 4) is 0 Å². The molecule has 1 aromatic heterocycles. The normalized spacial score (nSPS) is 22.5. The fourth-order valence-corrected chi connectivity index (χ4v) is 3.33. The summed E-state index contributed by atoms with van der Waals surface area (Å²) >= 11 is 3.53. The Bertz CT molecular complexity index is 531. The average Bonchev–Trinajstić information content (AvgIpc) is 3.09. The highest BCUT2D eigenvalue weighted by Gasteiger charge is 2.25. The molecule has 0 amide bonds. The Labute approximate surface area is 115 Å². The van der Waals surface area contributed by atoms with Crippen molar-refractivity contribution in [3.63, 3.8) is 0 Å². The van der Waals surface area contributed by atoms with Gasteiger partial charge in [0, 0.05) is 16.2 Å². The highest BCUT2D eigenvalue weighted by molar-refractivity contribution is 7.98. The molecule has 92 valence electrons. The van der Waals surface area contributed by atoms with Gasteiger partial charge in [-0.15, -0.1) is 23.1 Å². The lowest BCUT2D eigenvalue weighted by atomic mass is 10.0. The summed E-state index contributed by atoms with van der Waals surface area (Å²) in [6.45, 7) is 0. The van der Waals surface area contributed by atoms with Gasteiger partial charge in [0.15, 0.2) is 0 Å². The van der Waals surface area contributed by atoms with Crippen LogP contribution in [0.5, 0.6) is 0 Å². The second kappa shape index (κ2) is 5.24. The van der Waals surface area contributed by atoms with Crippen LogP contribution in [0.25, 0.3) is 0 Å². The molecule has 3 rings (SSSR count). The molecule has 1 aliphatic heterocycles. The van der Waals surface area contributed by atoms with Crippen molar-refractivity contribution in [2.24, 2.45) is 10.2 Å². The first kappa shape index (κ1) is 11.9. The van der Waals surface area contributed by atoms with Crippen molar-refractivity contribution >= 4 is 23.1 Å². The van der Waals surface area contributed by atoms with Crippen molar-refractivity contribution < 1.29 is 0 Å². The van der Waals surface area contributed by atoms with Crippen molar-refractivity contribution in [3.05, 3.63) is 52.2 Å². The molecular formula is C14H14N2S2. The van der Waals surface area contributed by atoms with E-state index in [1.54, 1.807) is 23.1 Å². The van der Waals surface area contributed by atoms with Gasteiger partial charge in [-0.1, -0.05) is 18.2 Å². The molecule has 0 aliphatic carbocycles. The van der Waals surface area contributed by atoms with Crippen LogP contribution in [0.15, 0.2) is 56.9 Å². The summed E-state index contributed by atoms with van der Waals surface area (Å²) in [4.78, 5) is 2.62. The van der Waals surface area contributed by atoms with E-state index in [-0.39, 0.29) is 12.1 Å². The van der Waals surface area contributed by atoms with E-state index >= 15 is 0 Å². The molecule has 2 atom stereocenters. The molecule has 1 aliphatic rings. The minimum atomic E-state index is 0.230. The van der Waals surface area contributed by atoms with E-state index in [4.69, 9.17) is 0 Å². The predicted octanol–water partition coefficient (Wildman–Crippen LogP) is 5.11. The number of rotatable bonds is 3. The Morgan fingerprint density at radius 1 is 1.11 bits per heavy atom. The van der Waals surface area contributed by atoms with Gasteiger partial charge in [0.1, 0.15) is 6.04 Å². The van der Waals surface area contributed by atoms with Gasteiger partial charge < -0.3 is 0 Å². The number of benzene rings is 1. The molecule has 0 N–H and O–H groups in total. The molecule has 4 heteroatoms. The van der Waals surface area contributed by atoms with Crippen LogP contribution in [0.2, 0.25) is 0 Å². The molecule has 0 radical (unpaired) electrons. The summed E-state index contributed by atoms with van der Waals surface area (Å²) in [5.41, 5.74) is 1.27. The Morgan fingerprint density at radius 3 is 2.56 bits per heavy atom. The van der Waals surface area contributed by atoms with Gasteiger partial charge in [-0.3, -0.25) is 0 Å². The monoisotopic (exact) mass is 274 g/mol. The number of hydrogen-bond acceptors (Lipinski definition) is 4. The van der Waals surface area contributed by atoms with Crippen molar-refractivity contribution in [2.75, 3.05) is 6.26 Å². The number of azo groups is 1. The Kier molecular flexibility index (Phi) is 3.48. The highest BCUT2D eigenvalue weighted by atomic mass is 32.2. The summed E-state index contributed by atoms with van der Waals surface area (Å²) < 4.78 is 0. The van der Waals surface area contributed by atoms with E-state index in [0.29, 0.717) is 0 Å². The smallest absolute Gasteiger partial charge is 0.107 e. The maximum Gasteiger partial charge on any atom is 0.107 e. The van der Waals surface area contributed by atoms with Crippen LogP contribution in [0.3, 0.4) is 0 Å². The van der Waals surface area contributed by atoms with E-state index < -0.39 is 0 Å². The Hall–Kier alpha value is -1.13. The van der Waals surface area contributed by atoms with Gasteiger partial charge in [-0.25, -0.2) is 0 Å². The Balaban J connectivity index is 1.74. The third-order valence-electron chi connectivity index (χ3n) is 3.16. The van der Waals surface area contributed by atoms with E-state index in [9.17, 15) is 0 Å². The molecule has 0 fully saturated rings. The third-order valence-corrected chi connectivity index (χ3v) is 4.88. The molecule has 2 unspecified atom stereocenters. The average molecular weight is 274 g/mol. The van der Waals surface area contributed by atoms with Crippen LogP contribution < -0.4 is 0 Å². The van der Waals surface area contributed by atoms with Crippen molar-refractivity contribution in [1.82, 2.24) is 0 Å². The summed E-state index contributed by atoms with van der Waals surface area (Å²) in [7, 11) is 0. The van der Waals surface area contributed by atoms with Crippen LogP contribution in [0.4, 0.5) is 0 Å². The van der Waals surface area contributed by atoms with E-state index in [1.165, 1.54) is 15.3 Å². The van der Waals surface area contributed by atoms with Crippen molar-refractivity contribution in [1.29, 1.82) is 0 Å². The van der Waals surface area contributed by atoms with Crippen LogP contribution in [-0.2, 0) is 0 Å². The summed E-state index contributed by atoms with van der Waals surface area (Å²) in [6.07, 6.45) is 3.09. The lowest BCUT2D eigenvalue weighted by molar-refractivity contribution is 0.666. The SMILES string of the molecule is CSc1ccc(C2CC(c3cccs3)N=N2)cc1. The second-order valence-corrected chi connectivity index (χ2v) is 6.15. The second-order valence-electron chi connectivity index (χ2n) is 4.29. The van der Waals surface area contributed by atoms with Crippen LogP contribution in [0.1, 0.15) is 28.9 Å². The quantitative estimate of drug-likeness (QED) is 0.714. The highest BCUT2D eigenvalue weighted by Crippen LogP contribution is 2.40. The summed E-state index contributed by atoms with van der Waals surface area (Å²) in [6, 6.07) is 13.4. The number of hydrogen-bond donors (Lipinski definition) is 0. The van der Waals surface area contributed by atoms with Gasteiger partial charge in [0.2, 0.25) is 0 Å². The fourth-order valence-electron chi connectivity index (χ4n) is 2.15. The molecule has 2 nitrogen and oxygen atoms in total. The van der Waals surface area contributed by atoms with E-state index in [1.807, 2.05) is 0 Å². The lowest BCUT2D eigenvalue weighted by Crippen LogP contribution is -1.94. The van der Waals surface area contributed by atoms with Gasteiger partial charge in [0.25, 0.3) is 0 Å². The summed E-state index contributed by atoms with van der Waals surface area (Å²) in [5, 5.41) is 10.9. The van der Waals surface area contributed by atoms with E-state index in [0.717, 1.165) is 6.42 Å². The topological polar surface area (TPSA) is 24.7 Å². The zero-order chi connectivity index (χ0) is 12.4. The van der Waals surface area contributed by atoms with E-state index in [2.05, 4.69) is 58.3 Å². The number of thiophene rings is 1. The fraction of sp³-hybridized carbons (Fsp3) is 0.286. The molecular weight excluding hydrogens is 260 g/mol. The standard InChI is InChI=1S/C14H14N2S2/c1-17-11-6-4-10(5-7-11)12-9-13(16-15-12)14-3-2-8-18-14/h2-8,12-13H,9H2,1H3. The first-order valence-electron chi connectivity index (χ1n) is 5.94. The largest absolute Gasteiger partial charge is 0.185 e. The van der Waals surface area contributed by atoms with Crippen LogP contribution >= 0.6 is 23.1 Å². The van der Waals surface area contributed by atoms with Crippen molar-refractivity contribution in [2.45, 2.75) is 23.4 Å². The molecule has 18 heavy (non-hydrogen) atoms. The maximum atomic E-state index is 4.42. The lowest BCUT2D eigenvalue weighted by Gasteiger charge is -2.08. The minimum Gasteiger partial charge on any atom is -0.185 e. The van der Waals surface area contributed by atoms with Gasteiger partial charge in [-0.2, -0.15) is 10.2 Å². The number of nitrogens with zero attached hydrogens (tertiary/aromatic N) is 2. The molecule has 0 saturated carbocycles. The van der Waals surface area contributed by atoms with Crippen LogP contribution in [0, 0.1) is 0 Å². The third kappa shape index (κ3) is 2.35. The zero-order valence-corrected chi connectivity index (χ0v) is 11.7. The van der Waals surface area contributed by atoms with Gasteiger partial charge in [0.05, 0.1) is 6.04 Å². The zero-order valence-electron chi connectivity index (χ0n) is 10.1. The first-order valence-corrected chi connectivity index (χ1v) is 8.04. The summed E-state index contributed by atoms with van der Waals surface area (Å²) in [5.74, 6) is 0. The molecule has 0 saturated heterocycles. The number of thioether (sulfide) groups is 1. The minimum absolute atomic E-state index is 0.230. The Morgan fingerprint density at radius 2 is 1.89 bits per heavy atom.